The number of anilines is 5. The molecular weight excluding hydrogens is 442 g/mol. The van der Waals surface area contributed by atoms with E-state index in [2.05, 4.69) is 31.2 Å². The Bertz CT molecular complexity index is 1360. The maximum Gasteiger partial charge on any atom is 0.320 e. The molecule has 0 unspecified atom stereocenters. The number of hydrogen-bond acceptors (Lipinski definition) is 6. The minimum Gasteiger partial charge on any atom is -0.378 e. The summed E-state index contributed by atoms with van der Waals surface area (Å²) in [6.45, 7) is 2.34. The Kier molecular flexibility index (Phi) is 7.06. The summed E-state index contributed by atoms with van der Waals surface area (Å²) < 4.78 is 0. The number of benzene rings is 2. The molecule has 2 aromatic heterocycles. The quantitative estimate of drug-likeness (QED) is 0.308. The minimum absolute atomic E-state index is 0.227. The number of nitrogens with zero attached hydrogens (tertiary/aromatic N) is 3. The van der Waals surface area contributed by atoms with Gasteiger partial charge in [-0.05, 0) is 60.8 Å². The highest BCUT2D eigenvalue weighted by Gasteiger charge is 2.12. The fourth-order valence-corrected chi connectivity index (χ4v) is 3.54. The van der Waals surface area contributed by atoms with E-state index in [0.29, 0.717) is 23.6 Å². The molecule has 2 aromatic carbocycles. The summed E-state index contributed by atoms with van der Waals surface area (Å²) >= 11 is 0. The molecule has 0 fully saturated rings. The van der Waals surface area contributed by atoms with Crippen LogP contribution in [-0.4, -0.2) is 42.5 Å². The van der Waals surface area contributed by atoms with Crippen LogP contribution in [0.2, 0.25) is 0 Å². The van der Waals surface area contributed by atoms with Crippen LogP contribution >= 0.6 is 0 Å². The van der Waals surface area contributed by atoms with Gasteiger partial charge in [0.25, 0.3) is 5.91 Å². The number of carbonyl (C=O) groups excluding carboxylic acids is 2. The molecule has 178 valence electrons. The molecule has 0 aliphatic heterocycles. The maximum atomic E-state index is 13.0. The van der Waals surface area contributed by atoms with Crippen LogP contribution in [0.5, 0.6) is 0 Å². The van der Waals surface area contributed by atoms with Crippen molar-refractivity contribution in [3.63, 3.8) is 0 Å². The first-order chi connectivity index (χ1) is 16.9. The molecule has 0 spiro atoms. The zero-order valence-corrected chi connectivity index (χ0v) is 19.8. The molecule has 0 aliphatic rings. The van der Waals surface area contributed by atoms with Crippen molar-refractivity contribution >= 4 is 51.3 Å². The largest absolute Gasteiger partial charge is 0.378 e. The summed E-state index contributed by atoms with van der Waals surface area (Å²) in [7, 11) is 3.86. The van der Waals surface area contributed by atoms with E-state index in [1.54, 1.807) is 30.7 Å². The highest BCUT2D eigenvalue weighted by molar-refractivity contribution is 6.07. The van der Waals surface area contributed by atoms with Crippen molar-refractivity contribution in [3.05, 3.63) is 78.8 Å². The molecule has 0 bridgehead atoms. The number of nitrogens with one attached hydrogen (secondary N) is 4. The first kappa shape index (κ1) is 23.5. The predicted molar refractivity (Wildman–Crippen MR) is 141 cm³/mol. The highest BCUT2D eigenvalue weighted by atomic mass is 16.2. The first-order valence-corrected chi connectivity index (χ1v) is 11.2. The van der Waals surface area contributed by atoms with Crippen LogP contribution in [-0.2, 0) is 0 Å². The molecule has 4 aromatic rings. The molecule has 3 amide bonds. The smallest absolute Gasteiger partial charge is 0.320 e. The standard InChI is InChI=1S/C26H27N7O2/c1-4-28-26(35)32-24-13-18-11-20(31-25(34)17-7-5-9-21(12-17)33(2)3)14-23(22(18)16-29-24)30-19-8-6-10-27-15-19/h5-16,30H,4H2,1-3H3,(H,31,34)(H2,28,29,32,35). The van der Waals surface area contributed by atoms with Gasteiger partial charge in [-0.25, -0.2) is 9.78 Å². The summed E-state index contributed by atoms with van der Waals surface area (Å²) in [5.41, 5.74) is 3.61. The number of fused-ring (bicyclic) bond motifs is 1. The van der Waals surface area contributed by atoms with Crippen LogP contribution in [0.4, 0.5) is 33.4 Å². The van der Waals surface area contributed by atoms with E-state index in [1.807, 2.05) is 68.4 Å². The molecular formula is C26H27N7O2. The van der Waals surface area contributed by atoms with Gasteiger partial charge in [-0.15, -0.1) is 0 Å². The molecule has 0 atom stereocenters. The van der Waals surface area contributed by atoms with E-state index in [0.717, 1.165) is 27.8 Å². The van der Waals surface area contributed by atoms with Crippen LogP contribution in [0.15, 0.2) is 73.2 Å². The second kappa shape index (κ2) is 10.5. The lowest BCUT2D eigenvalue weighted by molar-refractivity contribution is 0.102. The van der Waals surface area contributed by atoms with Crippen LogP contribution in [0, 0.1) is 0 Å². The van der Waals surface area contributed by atoms with Gasteiger partial charge in [-0.1, -0.05) is 6.07 Å². The van der Waals surface area contributed by atoms with Crippen molar-refractivity contribution in [1.29, 1.82) is 0 Å². The molecule has 0 aliphatic carbocycles. The Hall–Kier alpha value is -4.66. The minimum atomic E-state index is -0.335. The molecule has 0 saturated carbocycles. The van der Waals surface area contributed by atoms with Crippen LogP contribution in [0.1, 0.15) is 17.3 Å². The fraction of sp³-hybridized carbons (Fsp3) is 0.154. The van der Waals surface area contributed by atoms with Gasteiger partial charge in [0.05, 0.1) is 17.6 Å². The number of aromatic nitrogens is 2. The first-order valence-electron chi connectivity index (χ1n) is 11.2. The van der Waals surface area contributed by atoms with Crippen molar-refractivity contribution in [2.75, 3.05) is 41.5 Å². The zero-order chi connectivity index (χ0) is 24.8. The molecule has 9 heteroatoms. The normalized spacial score (nSPS) is 10.5. The van der Waals surface area contributed by atoms with Gasteiger partial charge >= 0.3 is 6.03 Å². The fourth-order valence-electron chi connectivity index (χ4n) is 3.54. The predicted octanol–water partition coefficient (Wildman–Crippen LogP) is 4.83. The van der Waals surface area contributed by atoms with Gasteiger partial charge in [0.15, 0.2) is 0 Å². The van der Waals surface area contributed by atoms with Gasteiger partial charge in [-0.2, -0.15) is 0 Å². The molecule has 0 saturated heterocycles. The maximum absolute atomic E-state index is 13.0. The van der Waals surface area contributed by atoms with Gasteiger partial charge in [0, 0.05) is 55.4 Å². The van der Waals surface area contributed by atoms with Gasteiger partial charge in [-0.3, -0.25) is 15.1 Å². The second-order valence-electron chi connectivity index (χ2n) is 8.06. The van der Waals surface area contributed by atoms with Gasteiger partial charge < -0.3 is 20.9 Å². The van der Waals surface area contributed by atoms with Crippen molar-refractivity contribution < 1.29 is 9.59 Å². The number of pyridine rings is 2. The molecule has 2 heterocycles. The average molecular weight is 470 g/mol. The summed E-state index contributed by atoms with van der Waals surface area (Å²) in [4.78, 5) is 35.5. The number of amides is 3. The third kappa shape index (κ3) is 5.83. The number of hydrogen-bond donors (Lipinski definition) is 4. The molecule has 9 nitrogen and oxygen atoms in total. The Morgan fingerprint density at radius 3 is 2.54 bits per heavy atom. The number of urea groups is 1. The monoisotopic (exact) mass is 469 g/mol. The zero-order valence-electron chi connectivity index (χ0n) is 19.8. The lowest BCUT2D eigenvalue weighted by Crippen LogP contribution is -2.28. The van der Waals surface area contributed by atoms with Crippen LogP contribution in [0.3, 0.4) is 0 Å². The molecule has 0 radical (unpaired) electrons. The van der Waals surface area contributed by atoms with E-state index >= 15 is 0 Å². The topological polar surface area (TPSA) is 111 Å². The van der Waals surface area contributed by atoms with Crippen LogP contribution in [0.25, 0.3) is 10.8 Å². The van der Waals surface area contributed by atoms with E-state index < -0.39 is 0 Å². The highest BCUT2D eigenvalue weighted by Crippen LogP contribution is 2.31. The van der Waals surface area contributed by atoms with E-state index in [4.69, 9.17) is 0 Å². The SMILES string of the molecule is CCNC(=O)Nc1cc2cc(NC(=O)c3cccc(N(C)C)c3)cc(Nc3cccnc3)c2cn1. The Labute approximate surface area is 203 Å². The van der Waals surface area contributed by atoms with Crippen molar-refractivity contribution in [3.8, 4) is 0 Å². The van der Waals surface area contributed by atoms with E-state index in [1.165, 1.54) is 0 Å². The van der Waals surface area contributed by atoms with Gasteiger partial charge in [0.1, 0.15) is 5.82 Å². The average Bonchev–Trinajstić information content (AvgIpc) is 2.84. The number of rotatable bonds is 7. The molecule has 35 heavy (non-hydrogen) atoms. The van der Waals surface area contributed by atoms with E-state index in [9.17, 15) is 9.59 Å². The number of carbonyl (C=O) groups is 2. The third-order valence-electron chi connectivity index (χ3n) is 5.24. The van der Waals surface area contributed by atoms with Crippen molar-refractivity contribution in [2.24, 2.45) is 0 Å². The third-order valence-corrected chi connectivity index (χ3v) is 5.24. The van der Waals surface area contributed by atoms with E-state index in [-0.39, 0.29) is 11.9 Å². The van der Waals surface area contributed by atoms with Crippen molar-refractivity contribution in [2.45, 2.75) is 6.92 Å². The molecule has 4 rings (SSSR count). The Morgan fingerprint density at radius 1 is 0.943 bits per heavy atom. The Morgan fingerprint density at radius 2 is 1.80 bits per heavy atom. The van der Waals surface area contributed by atoms with Crippen molar-refractivity contribution in [1.82, 2.24) is 15.3 Å². The molecule has 4 N–H and O–H groups in total. The summed E-state index contributed by atoms with van der Waals surface area (Å²) in [6, 6.07) is 16.3. The lowest BCUT2D eigenvalue weighted by Gasteiger charge is -2.15. The summed E-state index contributed by atoms with van der Waals surface area (Å²) in [5.74, 6) is 0.174. The van der Waals surface area contributed by atoms with Gasteiger partial charge in [0.2, 0.25) is 0 Å². The Balaban J connectivity index is 1.70. The summed E-state index contributed by atoms with van der Waals surface area (Å²) in [6.07, 6.45) is 5.09. The second-order valence-corrected chi connectivity index (χ2v) is 8.06. The lowest BCUT2D eigenvalue weighted by atomic mass is 10.1. The van der Waals surface area contributed by atoms with Crippen LogP contribution < -0.4 is 26.2 Å². The summed E-state index contributed by atoms with van der Waals surface area (Å²) in [5, 5.41) is 13.4.